The summed E-state index contributed by atoms with van der Waals surface area (Å²) in [5, 5.41) is 11.9. The summed E-state index contributed by atoms with van der Waals surface area (Å²) in [6.07, 6.45) is 2.03. The number of benzene rings is 1. The molecule has 0 aliphatic rings. The van der Waals surface area contributed by atoms with Crippen LogP contribution in [0.5, 0.6) is 0 Å². The van der Waals surface area contributed by atoms with Crippen molar-refractivity contribution in [2.24, 2.45) is 0 Å². The number of aliphatic hydroxyl groups is 1. The Morgan fingerprint density at radius 1 is 1.39 bits per heavy atom. The smallest absolute Gasteiger partial charge is 0.0702 e. The number of rotatable bonds is 5. The number of aliphatic hydroxyl groups excluding tert-OH is 1. The van der Waals surface area contributed by atoms with E-state index in [0.29, 0.717) is 5.25 Å². The molecule has 2 nitrogen and oxygen atoms in total. The molecule has 2 aromatic rings. The Hall–Kier alpha value is -0.640. The van der Waals surface area contributed by atoms with Gasteiger partial charge in [0, 0.05) is 40.0 Å². The number of hydrogen-bond donors (Lipinski definition) is 1. The van der Waals surface area contributed by atoms with Crippen LogP contribution in [0, 0.1) is 0 Å². The maximum Gasteiger partial charge on any atom is 0.0702 e. The van der Waals surface area contributed by atoms with Crippen LogP contribution in [0.4, 0.5) is 0 Å². The van der Waals surface area contributed by atoms with Crippen molar-refractivity contribution in [1.82, 2.24) is 4.57 Å². The van der Waals surface area contributed by atoms with Crippen LogP contribution in [0.25, 0.3) is 10.9 Å². The lowest BCUT2D eigenvalue weighted by Gasteiger charge is -2.07. The summed E-state index contributed by atoms with van der Waals surface area (Å²) in [4.78, 5) is 0. The molecule has 0 bridgehead atoms. The van der Waals surface area contributed by atoms with E-state index in [9.17, 15) is 5.11 Å². The minimum atomic E-state index is 0.0719. The highest BCUT2D eigenvalue weighted by atomic mass is 35.5. The van der Waals surface area contributed by atoms with Gasteiger partial charge in [-0.2, -0.15) is 11.8 Å². The van der Waals surface area contributed by atoms with E-state index < -0.39 is 0 Å². The number of fused-ring (bicyclic) bond motifs is 1. The second-order valence-corrected chi connectivity index (χ2v) is 6.71. The Morgan fingerprint density at radius 3 is 2.83 bits per heavy atom. The molecule has 0 saturated heterocycles. The molecule has 0 atom stereocenters. The van der Waals surface area contributed by atoms with Crippen molar-refractivity contribution >= 4 is 34.3 Å². The van der Waals surface area contributed by atoms with E-state index in [0.717, 1.165) is 33.8 Å². The van der Waals surface area contributed by atoms with E-state index in [2.05, 4.69) is 18.4 Å². The molecule has 0 spiro atoms. The number of aromatic nitrogens is 1. The predicted octanol–water partition coefficient (Wildman–Crippen LogP) is 3.93. The van der Waals surface area contributed by atoms with Gasteiger partial charge in [-0.25, -0.2) is 0 Å². The van der Waals surface area contributed by atoms with Gasteiger partial charge in [-0.1, -0.05) is 31.5 Å². The monoisotopic (exact) mass is 283 g/mol. The van der Waals surface area contributed by atoms with Crippen LogP contribution in [-0.2, 0) is 13.2 Å². The summed E-state index contributed by atoms with van der Waals surface area (Å²) in [6.45, 7) is 5.42. The number of aryl methyl sites for hydroxylation is 1. The second-order valence-electron chi connectivity index (χ2n) is 4.59. The Morgan fingerprint density at radius 2 is 2.17 bits per heavy atom. The highest BCUT2D eigenvalue weighted by Crippen LogP contribution is 2.25. The quantitative estimate of drug-likeness (QED) is 0.899. The van der Waals surface area contributed by atoms with Gasteiger partial charge in [-0.15, -0.1) is 0 Å². The molecule has 1 N–H and O–H groups in total. The summed E-state index contributed by atoms with van der Waals surface area (Å²) < 4.78 is 2.18. The molecule has 98 valence electrons. The standard InChI is InChI=1S/C14H18ClNOS/c1-10(2)18-6-5-16-8-11(9-17)13-4-3-12(15)7-14(13)16/h3-4,7-8,10,17H,5-6,9H2,1-2H3. The van der Waals surface area contributed by atoms with Gasteiger partial charge in [0.25, 0.3) is 0 Å². The van der Waals surface area contributed by atoms with Gasteiger partial charge < -0.3 is 9.67 Å². The maximum absolute atomic E-state index is 9.38. The Bertz CT molecular complexity index is 536. The van der Waals surface area contributed by atoms with E-state index >= 15 is 0 Å². The Balaban J connectivity index is 2.28. The highest BCUT2D eigenvalue weighted by molar-refractivity contribution is 7.99. The lowest BCUT2D eigenvalue weighted by molar-refractivity contribution is 0.283. The summed E-state index contributed by atoms with van der Waals surface area (Å²) in [7, 11) is 0. The van der Waals surface area contributed by atoms with Gasteiger partial charge in [0.1, 0.15) is 0 Å². The van der Waals surface area contributed by atoms with Gasteiger partial charge in [0.2, 0.25) is 0 Å². The molecule has 0 aliphatic carbocycles. The van der Waals surface area contributed by atoms with Gasteiger partial charge >= 0.3 is 0 Å². The molecule has 4 heteroatoms. The average molecular weight is 284 g/mol. The van der Waals surface area contributed by atoms with E-state index in [1.807, 2.05) is 36.2 Å². The number of nitrogens with zero attached hydrogens (tertiary/aromatic N) is 1. The summed E-state index contributed by atoms with van der Waals surface area (Å²) in [5.74, 6) is 1.07. The number of hydrogen-bond acceptors (Lipinski definition) is 2. The van der Waals surface area contributed by atoms with Gasteiger partial charge in [-0.3, -0.25) is 0 Å². The van der Waals surface area contributed by atoms with Gasteiger partial charge in [-0.05, 0) is 17.4 Å². The normalized spacial score (nSPS) is 11.6. The minimum Gasteiger partial charge on any atom is -0.392 e. The summed E-state index contributed by atoms with van der Waals surface area (Å²) in [6, 6.07) is 5.82. The number of thioether (sulfide) groups is 1. The molecule has 0 saturated carbocycles. The molecule has 0 fully saturated rings. The molecule has 0 amide bonds. The van der Waals surface area contributed by atoms with E-state index in [-0.39, 0.29) is 6.61 Å². The molecule has 2 rings (SSSR count). The lowest BCUT2D eigenvalue weighted by Crippen LogP contribution is -2.01. The zero-order valence-electron chi connectivity index (χ0n) is 10.7. The second kappa shape index (κ2) is 6.00. The van der Waals surface area contributed by atoms with Crippen LogP contribution < -0.4 is 0 Å². The predicted molar refractivity (Wildman–Crippen MR) is 80.5 cm³/mol. The molecular formula is C14H18ClNOS. The fraction of sp³-hybridized carbons (Fsp3) is 0.429. The topological polar surface area (TPSA) is 25.2 Å². The molecule has 18 heavy (non-hydrogen) atoms. The van der Waals surface area contributed by atoms with Crippen molar-refractivity contribution in [2.45, 2.75) is 32.2 Å². The Labute approximate surface area is 117 Å². The minimum absolute atomic E-state index is 0.0719. The van der Waals surface area contributed by atoms with E-state index in [1.165, 1.54) is 0 Å². The molecule has 0 radical (unpaired) electrons. The first-order valence-corrected chi connectivity index (χ1v) is 7.54. The first-order valence-electron chi connectivity index (χ1n) is 6.11. The SMILES string of the molecule is CC(C)SCCn1cc(CO)c2ccc(Cl)cc21. The van der Waals surface area contributed by atoms with Crippen LogP contribution in [0.2, 0.25) is 5.02 Å². The van der Waals surface area contributed by atoms with E-state index in [1.54, 1.807) is 0 Å². The molecule has 1 aromatic carbocycles. The maximum atomic E-state index is 9.38. The summed E-state index contributed by atoms with van der Waals surface area (Å²) in [5.41, 5.74) is 2.08. The van der Waals surface area contributed by atoms with Crippen molar-refractivity contribution in [1.29, 1.82) is 0 Å². The molecule has 1 heterocycles. The molecule has 0 aliphatic heterocycles. The fourth-order valence-corrected chi connectivity index (χ4v) is 2.98. The van der Waals surface area contributed by atoms with Crippen LogP contribution >= 0.6 is 23.4 Å². The molecule has 0 unspecified atom stereocenters. The Kier molecular flexibility index (Phi) is 4.60. The van der Waals surface area contributed by atoms with Crippen molar-refractivity contribution in [3.8, 4) is 0 Å². The van der Waals surface area contributed by atoms with Crippen LogP contribution in [0.3, 0.4) is 0 Å². The van der Waals surface area contributed by atoms with Crippen molar-refractivity contribution in [2.75, 3.05) is 5.75 Å². The third-order valence-electron chi connectivity index (χ3n) is 2.88. The average Bonchev–Trinajstić information content (AvgIpc) is 2.66. The first-order chi connectivity index (χ1) is 8.61. The summed E-state index contributed by atoms with van der Waals surface area (Å²) >= 11 is 7.99. The molecular weight excluding hydrogens is 266 g/mol. The van der Waals surface area contributed by atoms with Gasteiger partial charge in [0.15, 0.2) is 0 Å². The van der Waals surface area contributed by atoms with Gasteiger partial charge in [0.05, 0.1) is 6.61 Å². The fourth-order valence-electron chi connectivity index (χ4n) is 2.04. The highest BCUT2D eigenvalue weighted by Gasteiger charge is 2.08. The lowest BCUT2D eigenvalue weighted by atomic mass is 10.2. The zero-order chi connectivity index (χ0) is 13.1. The molecule has 1 aromatic heterocycles. The van der Waals surface area contributed by atoms with Crippen LogP contribution in [-0.4, -0.2) is 20.7 Å². The van der Waals surface area contributed by atoms with Crippen molar-refractivity contribution < 1.29 is 5.11 Å². The van der Waals surface area contributed by atoms with E-state index in [4.69, 9.17) is 11.6 Å². The third-order valence-corrected chi connectivity index (χ3v) is 4.20. The third kappa shape index (κ3) is 3.02. The zero-order valence-corrected chi connectivity index (χ0v) is 12.3. The van der Waals surface area contributed by atoms with Crippen LogP contribution in [0.1, 0.15) is 19.4 Å². The largest absolute Gasteiger partial charge is 0.392 e. The van der Waals surface area contributed by atoms with Crippen LogP contribution in [0.15, 0.2) is 24.4 Å². The first kappa shape index (κ1) is 13.8. The van der Waals surface area contributed by atoms with Crippen molar-refractivity contribution in [3.05, 3.63) is 35.0 Å². The van der Waals surface area contributed by atoms with Crippen molar-refractivity contribution in [3.63, 3.8) is 0 Å². The number of halogens is 1.